The monoisotopic (exact) mass is 310 g/mol. The molecule has 2 nitrogen and oxygen atoms in total. The minimum absolute atomic E-state index is 0.205. The molecule has 0 aromatic heterocycles. The summed E-state index contributed by atoms with van der Waals surface area (Å²) in [6.07, 6.45) is 6.55. The first-order chi connectivity index (χ1) is 10.1. The fourth-order valence-corrected chi connectivity index (χ4v) is 3.86. The molecule has 2 aliphatic rings. The first-order valence-electron chi connectivity index (χ1n) is 8.01. The van der Waals surface area contributed by atoms with Gasteiger partial charge in [0.15, 0.2) is 0 Å². The van der Waals surface area contributed by atoms with Crippen LogP contribution in [-0.4, -0.2) is 29.6 Å². The van der Waals surface area contributed by atoms with Crippen LogP contribution in [0.2, 0.25) is 5.02 Å². The summed E-state index contributed by atoms with van der Waals surface area (Å²) >= 11 is 5.77. The zero-order valence-electron chi connectivity index (χ0n) is 12.7. The van der Waals surface area contributed by atoms with Crippen molar-refractivity contribution in [3.05, 3.63) is 34.6 Å². The van der Waals surface area contributed by atoms with E-state index in [0.717, 1.165) is 25.2 Å². The maximum atomic E-state index is 13.6. The summed E-state index contributed by atoms with van der Waals surface area (Å²) < 4.78 is 13.6. The molecule has 2 fully saturated rings. The lowest BCUT2D eigenvalue weighted by Crippen LogP contribution is -2.63. The Bertz CT molecular complexity index is 500. The van der Waals surface area contributed by atoms with Gasteiger partial charge in [0.25, 0.3) is 0 Å². The van der Waals surface area contributed by atoms with Gasteiger partial charge in [0, 0.05) is 31.2 Å². The Morgan fingerprint density at radius 3 is 2.81 bits per heavy atom. The predicted octanol–water partition coefficient (Wildman–Crippen LogP) is 3.98. The molecule has 1 aromatic carbocycles. The van der Waals surface area contributed by atoms with Crippen molar-refractivity contribution in [2.75, 3.05) is 13.1 Å². The fourth-order valence-electron chi connectivity index (χ4n) is 3.74. The van der Waals surface area contributed by atoms with E-state index in [1.807, 2.05) is 6.07 Å². The summed E-state index contributed by atoms with van der Waals surface area (Å²) in [7, 11) is 0. The first-order valence-corrected chi connectivity index (χ1v) is 8.39. The van der Waals surface area contributed by atoms with Crippen LogP contribution in [0.5, 0.6) is 0 Å². The number of nitrogens with zero attached hydrogens (tertiary/aromatic N) is 1. The Hall–Kier alpha value is -0.640. The minimum Gasteiger partial charge on any atom is -0.308 e. The van der Waals surface area contributed by atoms with Crippen molar-refractivity contribution in [1.29, 1.82) is 0 Å². The molecule has 1 atom stereocenters. The number of hydrogen-bond donors (Lipinski definition) is 1. The third-order valence-corrected chi connectivity index (χ3v) is 5.39. The lowest BCUT2D eigenvalue weighted by molar-refractivity contribution is 0.0572. The third kappa shape index (κ3) is 3.41. The van der Waals surface area contributed by atoms with Crippen LogP contribution >= 0.6 is 11.6 Å². The number of piperazine rings is 1. The van der Waals surface area contributed by atoms with Crippen LogP contribution in [0.15, 0.2) is 18.2 Å². The van der Waals surface area contributed by atoms with Gasteiger partial charge in [-0.15, -0.1) is 0 Å². The van der Waals surface area contributed by atoms with Crippen LogP contribution in [0.4, 0.5) is 4.39 Å². The largest absolute Gasteiger partial charge is 0.308 e. The van der Waals surface area contributed by atoms with Gasteiger partial charge < -0.3 is 5.32 Å². The van der Waals surface area contributed by atoms with Gasteiger partial charge in [-0.1, -0.05) is 36.9 Å². The van der Waals surface area contributed by atoms with Crippen molar-refractivity contribution in [2.45, 2.75) is 57.2 Å². The lowest BCUT2D eigenvalue weighted by Gasteiger charge is -2.49. The Morgan fingerprint density at radius 2 is 2.10 bits per heavy atom. The molecule has 1 saturated heterocycles. The average molecular weight is 311 g/mol. The average Bonchev–Trinajstić information content (AvgIpc) is 2.48. The molecule has 3 rings (SSSR count). The summed E-state index contributed by atoms with van der Waals surface area (Å²) in [6, 6.07) is 5.66. The molecule has 21 heavy (non-hydrogen) atoms. The summed E-state index contributed by atoms with van der Waals surface area (Å²) in [6.45, 7) is 5.14. The second-order valence-corrected chi connectivity index (χ2v) is 7.13. The molecule has 1 heterocycles. The van der Waals surface area contributed by atoms with Gasteiger partial charge in [-0.25, -0.2) is 4.39 Å². The Balaban J connectivity index is 1.71. The fraction of sp³-hybridized carbons (Fsp3) is 0.647. The highest BCUT2D eigenvalue weighted by atomic mass is 35.5. The number of hydrogen-bond acceptors (Lipinski definition) is 2. The molecular formula is C17H24ClFN2. The van der Waals surface area contributed by atoms with Crippen LogP contribution < -0.4 is 5.32 Å². The SMILES string of the molecule is CC1CNC2(CCCCC2)CN1Cc1ccc(Cl)c(F)c1. The van der Waals surface area contributed by atoms with E-state index in [9.17, 15) is 4.39 Å². The van der Waals surface area contributed by atoms with Crippen molar-refractivity contribution < 1.29 is 4.39 Å². The second-order valence-electron chi connectivity index (χ2n) is 6.72. The number of nitrogens with one attached hydrogen (secondary N) is 1. The smallest absolute Gasteiger partial charge is 0.142 e. The molecular weight excluding hydrogens is 287 g/mol. The zero-order chi connectivity index (χ0) is 14.9. The third-order valence-electron chi connectivity index (χ3n) is 5.08. The van der Waals surface area contributed by atoms with Crippen molar-refractivity contribution in [1.82, 2.24) is 10.2 Å². The molecule has 0 radical (unpaired) electrons. The molecule has 1 N–H and O–H groups in total. The Labute approximate surface area is 131 Å². The highest BCUT2D eigenvalue weighted by Gasteiger charge is 2.38. The van der Waals surface area contributed by atoms with E-state index >= 15 is 0 Å². The van der Waals surface area contributed by atoms with E-state index in [1.165, 1.54) is 32.1 Å². The van der Waals surface area contributed by atoms with Gasteiger partial charge >= 0.3 is 0 Å². The van der Waals surface area contributed by atoms with Crippen LogP contribution in [0, 0.1) is 5.82 Å². The predicted molar refractivity (Wildman–Crippen MR) is 85.1 cm³/mol. The minimum atomic E-state index is -0.315. The molecule has 0 bridgehead atoms. The molecule has 1 saturated carbocycles. The van der Waals surface area contributed by atoms with Crippen LogP contribution in [0.25, 0.3) is 0 Å². The molecule has 0 amide bonds. The number of rotatable bonds is 2. The quantitative estimate of drug-likeness (QED) is 0.889. The number of halogens is 2. The Morgan fingerprint density at radius 1 is 1.33 bits per heavy atom. The van der Waals surface area contributed by atoms with Crippen molar-refractivity contribution in [3.63, 3.8) is 0 Å². The maximum Gasteiger partial charge on any atom is 0.142 e. The number of benzene rings is 1. The maximum absolute atomic E-state index is 13.6. The lowest BCUT2D eigenvalue weighted by atomic mass is 9.79. The highest BCUT2D eigenvalue weighted by Crippen LogP contribution is 2.32. The first kappa shape index (κ1) is 15.3. The molecule has 1 aliphatic heterocycles. The van der Waals surface area contributed by atoms with E-state index in [4.69, 9.17) is 11.6 Å². The molecule has 1 unspecified atom stereocenters. The molecule has 116 valence electrons. The van der Waals surface area contributed by atoms with E-state index in [0.29, 0.717) is 6.04 Å². The molecule has 1 spiro atoms. The van der Waals surface area contributed by atoms with E-state index < -0.39 is 0 Å². The van der Waals surface area contributed by atoms with Gasteiger partial charge in [-0.3, -0.25) is 4.90 Å². The Kier molecular flexibility index (Phi) is 4.53. The van der Waals surface area contributed by atoms with E-state index in [-0.39, 0.29) is 16.4 Å². The summed E-state index contributed by atoms with van der Waals surface area (Å²) in [5.74, 6) is -0.315. The van der Waals surface area contributed by atoms with Crippen molar-refractivity contribution in [3.8, 4) is 0 Å². The van der Waals surface area contributed by atoms with Gasteiger partial charge in [-0.2, -0.15) is 0 Å². The topological polar surface area (TPSA) is 15.3 Å². The normalized spacial score (nSPS) is 26.1. The second kappa shape index (κ2) is 6.23. The zero-order valence-corrected chi connectivity index (χ0v) is 13.4. The van der Waals surface area contributed by atoms with E-state index in [2.05, 4.69) is 17.1 Å². The molecule has 1 aromatic rings. The van der Waals surface area contributed by atoms with Crippen LogP contribution in [0.3, 0.4) is 0 Å². The molecule has 1 aliphatic carbocycles. The van der Waals surface area contributed by atoms with Gasteiger partial charge in [0.2, 0.25) is 0 Å². The van der Waals surface area contributed by atoms with Gasteiger partial charge in [0.1, 0.15) is 5.82 Å². The summed E-state index contributed by atoms with van der Waals surface area (Å²) in [4.78, 5) is 2.49. The van der Waals surface area contributed by atoms with Crippen LogP contribution in [-0.2, 0) is 6.54 Å². The van der Waals surface area contributed by atoms with Gasteiger partial charge in [0.05, 0.1) is 5.02 Å². The van der Waals surface area contributed by atoms with Crippen molar-refractivity contribution in [2.24, 2.45) is 0 Å². The van der Waals surface area contributed by atoms with Gasteiger partial charge in [-0.05, 0) is 37.5 Å². The van der Waals surface area contributed by atoms with E-state index in [1.54, 1.807) is 12.1 Å². The van der Waals surface area contributed by atoms with Crippen molar-refractivity contribution >= 4 is 11.6 Å². The summed E-state index contributed by atoms with van der Waals surface area (Å²) in [5.41, 5.74) is 1.30. The standard InChI is InChI=1S/C17H24ClFN2/c1-13-10-20-17(7-3-2-4-8-17)12-21(13)11-14-5-6-15(18)16(19)9-14/h5-6,9,13,20H,2-4,7-8,10-12H2,1H3. The van der Waals surface area contributed by atoms with Crippen LogP contribution in [0.1, 0.15) is 44.6 Å². The highest BCUT2D eigenvalue weighted by molar-refractivity contribution is 6.30. The summed E-state index contributed by atoms with van der Waals surface area (Å²) in [5, 5.41) is 3.99. The molecule has 4 heteroatoms.